The minimum Gasteiger partial charge on any atom is -0.370 e. The lowest BCUT2D eigenvalue weighted by molar-refractivity contribution is -0.158. The van der Waals surface area contributed by atoms with Crippen LogP contribution in [-0.4, -0.2) is 147 Å². The maximum absolute atomic E-state index is 14.9. The number of carbonyl (C=O) groups excluding carboxylic acids is 9. The largest absolute Gasteiger partial charge is 0.399 e. The Morgan fingerprint density at radius 3 is 2.31 bits per heavy atom. The summed E-state index contributed by atoms with van der Waals surface area (Å²) in [4.78, 5) is 145. The monoisotopic (exact) mass is 1160 g/mol. The van der Waals surface area contributed by atoms with Gasteiger partial charge in [-0.3, -0.25) is 57.9 Å². The van der Waals surface area contributed by atoms with Crippen LogP contribution in [-0.2, 0) is 43.7 Å². The molecule has 8 rings (SSSR count). The number of nitrogens with one attached hydrogen (secondary N) is 3. The number of benzene rings is 3. The number of rotatable bonds is 18. The number of halogens is 2. The average Bonchev–Trinajstić information content (AvgIpc) is 4.17. The second-order valence-electron chi connectivity index (χ2n) is 21.5. The molecule has 0 aliphatic carbocycles. The van der Waals surface area contributed by atoms with Crippen molar-refractivity contribution in [3.63, 3.8) is 0 Å². The molecule has 1 aromatic heterocycles. The molecular weight excluding hydrogens is 1090 g/mol. The SMILES string of the molecule is CC(C)(C)[C@H](NC(=O)c1cc2cc(C(F)(F)P(=O)(O)O)ccc2s1)C(=O)N1CCN(C(=O)CC(=O)NCCCCCCCCC#Cc2cccc3c2C(=O)N(C2CCC(=O)NC2=O)C3=O)C[C@H]1C(=O)N1CCOC(c2ccccc2)C1. The van der Waals surface area contributed by atoms with Gasteiger partial charge in [0, 0.05) is 54.8 Å². The Morgan fingerprint density at radius 2 is 1.59 bits per heavy atom. The summed E-state index contributed by atoms with van der Waals surface area (Å²) in [7, 11) is -5.87. The fourth-order valence-corrected chi connectivity index (χ4v) is 11.7. The number of ether oxygens (including phenoxy) is 1. The second-order valence-corrected chi connectivity index (χ2v) is 24.3. The van der Waals surface area contributed by atoms with E-state index in [1.54, 1.807) is 37.8 Å². The number of alkyl halides is 2. The molecule has 0 radical (unpaired) electrons. The van der Waals surface area contributed by atoms with Crippen molar-refractivity contribution >= 4 is 82.2 Å². The third-order valence-corrected chi connectivity index (χ3v) is 16.9. The molecule has 5 N–H and O–H groups in total. The number of nitrogens with zero attached hydrogens (tertiary/aromatic N) is 4. The molecule has 20 nitrogen and oxygen atoms in total. The van der Waals surface area contributed by atoms with Crippen LogP contribution >= 0.6 is 18.9 Å². The van der Waals surface area contributed by atoms with Crippen LogP contribution in [0.25, 0.3) is 10.1 Å². The van der Waals surface area contributed by atoms with Crippen molar-refractivity contribution in [1.29, 1.82) is 0 Å². The Balaban J connectivity index is 0.830. The summed E-state index contributed by atoms with van der Waals surface area (Å²) in [5, 5.41) is 7.92. The van der Waals surface area contributed by atoms with E-state index >= 15 is 0 Å². The molecule has 9 amide bonds. The number of piperidine rings is 1. The predicted octanol–water partition coefficient (Wildman–Crippen LogP) is 5.60. The van der Waals surface area contributed by atoms with Crippen molar-refractivity contribution < 1.29 is 71.0 Å². The highest BCUT2D eigenvalue weighted by Gasteiger charge is 2.51. The van der Waals surface area contributed by atoms with E-state index < -0.39 is 108 Å². The van der Waals surface area contributed by atoms with E-state index in [9.17, 15) is 66.3 Å². The smallest absolute Gasteiger partial charge is 0.370 e. The maximum Gasteiger partial charge on any atom is 0.399 e. The minimum atomic E-state index is -5.87. The van der Waals surface area contributed by atoms with Crippen LogP contribution in [0.1, 0.15) is 138 Å². The molecule has 4 atom stereocenters. The van der Waals surface area contributed by atoms with Gasteiger partial charge in [-0.15, -0.1) is 11.3 Å². The number of piperazine rings is 1. The van der Waals surface area contributed by atoms with E-state index in [1.807, 2.05) is 30.3 Å². The van der Waals surface area contributed by atoms with Gasteiger partial charge in [0.05, 0.1) is 35.7 Å². The molecule has 2 unspecified atom stereocenters. The summed E-state index contributed by atoms with van der Waals surface area (Å²) in [6.07, 6.45) is 4.60. The van der Waals surface area contributed by atoms with Gasteiger partial charge in [-0.05, 0) is 66.0 Å². The number of unbranched alkanes of at least 4 members (excludes halogenated alkanes) is 6. The number of thiophene rings is 1. The number of imide groups is 2. The Labute approximate surface area is 470 Å². The van der Waals surface area contributed by atoms with Gasteiger partial charge in [0.1, 0.15) is 30.7 Å². The molecule has 4 aliphatic heterocycles. The number of hydrogen-bond donors (Lipinski definition) is 5. The van der Waals surface area contributed by atoms with E-state index in [2.05, 4.69) is 27.8 Å². The van der Waals surface area contributed by atoms with Gasteiger partial charge in [-0.2, -0.15) is 8.78 Å². The van der Waals surface area contributed by atoms with E-state index in [1.165, 1.54) is 28.0 Å². The molecule has 3 saturated heterocycles. The summed E-state index contributed by atoms with van der Waals surface area (Å²) >= 11 is 0.924. The van der Waals surface area contributed by atoms with Crippen molar-refractivity contribution in [2.24, 2.45) is 5.41 Å². The first kappa shape index (κ1) is 59.9. The summed E-state index contributed by atoms with van der Waals surface area (Å²) < 4.78 is 47.2. The minimum absolute atomic E-state index is 0.0220. The van der Waals surface area contributed by atoms with Crippen LogP contribution in [0.2, 0.25) is 0 Å². The van der Waals surface area contributed by atoms with Crippen LogP contribution in [0.15, 0.2) is 72.8 Å². The van der Waals surface area contributed by atoms with Gasteiger partial charge in [0.25, 0.3) is 17.7 Å². The molecule has 0 bridgehead atoms. The van der Waals surface area contributed by atoms with E-state index in [0.29, 0.717) is 29.6 Å². The van der Waals surface area contributed by atoms with Crippen LogP contribution in [0.5, 0.6) is 0 Å². The Bertz CT molecular complexity index is 3240. The highest BCUT2D eigenvalue weighted by atomic mass is 32.1. The fourth-order valence-electron chi connectivity index (χ4n) is 10.3. The molecule has 430 valence electrons. The summed E-state index contributed by atoms with van der Waals surface area (Å²) in [5.41, 5.74) is -4.80. The van der Waals surface area contributed by atoms with E-state index in [-0.39, 0.29) is 73.6 Å². The molecular formula is C57H64F2N7O13PS. The van der Waals surface area contributed by atoms with Crippen LogP contribution in [0.3, 0.4) is 0 Å². The predicted molar refractivity (Wildman–Crippen MR) is 292 cm³/mol. The Hall–Kier alpha value is -7.22. The fraction of sp³-hybridized carbons (Fsp3) is 0.456. The van der Waals surface area contributed by atoms with Crippen LogP contribution in [0, 0.1) is 17.3 Å². The van der Waals surface area contributed by atoms with Crippen LogP contribution < -0.4 is 16.0 Å². The normalized spacial score (nSPS) is 19.2. The maximum atomic E-state index is 14.9. The van der Waals surface area contributed by atoms with Gasteiger partial charge in [0.2, 0.25) is 35.4 Å². The molecule has 3 aromatic carbocycles. The summed E-state index contributed by atoms with van der Waals surface area (Å²) in [6, 6.07) is 14.9. The Morgan fingerprint density at radius 1 is 0.864 bits per heavy atom. The zero-order valence-corrected chi connectivity index (χ0v) is 46.8. The first-order valence-electron chi connectivity index (χ1n) is 26.9. The van der Waals surface area contributed by atoms with Crippen molar-refractivity contribution in [2.45, 2.75) is 115 Å². The standard InChI is InChI=1S/C57H64F2N7O13PS/c1-56(2,3)49(62-51(71)44-31-37-30-38(21-23-43(37)81-44)57(58,59)80(76,77)78)55(75)65-27-26-63(33-41(65)53(73)64-28-29-79-42(34-64)35-16-12-10-13-17-35)47(69)32-46(68)60-25-14-9-7-5-4-6-8-11-18-36-19-15-20-39-48(36)54(74)66(52(39)72)40-22-24-45(67)61-50(40)70/h10,12-13,15-17,19-21,23,30-31,40-42,49H,4-9,14,22,24-29,32-34H2,1-3H3,(H,60,68)(H,62,71)(H,61,67,70)(H2,76,77,78)/t40?,41-,42?,49+/m0/s1. The number of morpholine rings is 1. The number of fused-ring (bicyclic) bond motifs is 2. The van der Waals surface area contributed by atoms with Gasteiger partial charge in [0.15, 0.2) is 0 Å². The highest BCUT2D eigenvalue weighted by molar-refractivity contribution is 7.52. The molecule has 5 heterocycles. The molecule has 81 heavy (non-hydrogen) atoms. The Kier molecular flexibility index (Phi) is 18.7. The molecule has 4 aromatic rings. The third-order valence-electron chi connectivity index (χ3n) is 14.7. The quantitative estimate of drug-likeness (QED) is 0.0267. The van der Waals surface area contributed by atoms with Gasteiger partial charge >= 0.3 is 13.3 Å². The number of amides is 9. The zero-order valence-electron chi connectivity index (χ0n) is 45.0. The first-order chi connectivity index (χ1) is 38.4. The molecule has 4 aliphatic rings. The molecule has 24 heteroatoms. The van der Waals surface area contributed by atoms with Crippen molar-refractivity contribution in [2.75, 3.05) is 45.9 Å². The molecule has 3 fully saturated rings. The second kappa shape index (κ2) is 25.3. The van der Waals surface area contributed by atoms with Crippen LogP contribution in [0.4, 0.5) is 8.78 Å². The molecule has 0 spiro atoms. The summed E-state index contributed by atoms with van der Waals surface area (Å²) in [6.45, 7) is 5.66. The topological polar surface area (TPSA) is 269 Å². The summed E-state index contributed by atoms with van der Waals surface area (Å²) in [5.74, 6) is 0.932. The van der Waals surface area contributed by atoms with Gasteiger partial charge < -0.3 is 39.9 Å². The van der Waals surface area contributed by atoms with Gasteiger partial charge in [-0.1, -0.05) is 101 Å². The van der Waals surface area contributed by atoms with Gasteiger partial charge in [-0.25, -0.2) is 0 Å². The lowest BCUT2D eigenvalue weighted by atomic mass is 9.85. The van der Waals surface area contributed by atoms with E-state index in [0.717, 1.165) is 66.0 Å². The lowest BCUT2D eigenvalue weighted by Crippen LogP contribution is -2.66. The average molecular weight is 1160 g/mol. The third kappa shape index (κ3) is 13.8. The van der Waals surface area contributed by atoms with Crippen molar-refractivity contribution in [1.82, 2.24) is 35.6 Å². The first-order valence-corrected chi connectivity index (χ1v) is 29.3. The van der Waals surface area contributed by atoms with E-state index in [4.69, 9.17) is 4.74 Å². The lowest BCUT2D eigenvalue weighted by Gasteiger charge is -2.45. The number of carbonyl (C=O) groups is 9. The van der Waals surface area contributed by atoms with Crippen molar-refractivity contribution in [3.8, 4) is 11.8 Å². The highest BCUT2D eigenvalue weighted by Crippen LogP contribution is 2.59. The number of hydrogen-bond acceptors (Lipinski definition) is 12. The van der Waals surface area contributed by atoms with Crippen molar-refractivity contribution in [3.05, 3.63) is 105 Å². The molecule has 0 saturated carbocycles. The zero-order chi connectivity index (χ0) is 58.4.